The Balaban J connectivity index is 2.65. The molecule has 0 aliphatic carbocycles. The number of aromatic nitrogens is 2. The monoisotopic (exact) mass is 252 g/mol. The van der Waals surface area contributed by atoms with Crippen molar-refractivity contribution in [2.45, 2.75) is 6.92 Å². The van der Waals surface area contributed by atoms with Crippen LogP contribution in [0.15, 0.2) is 27.8 Å². The minimum Gasteiger partial charge on any atom is -0.497 e. The molecule has 0 saturated carbocycles. The lowest BCUT2D eigenvalue weighted by molar-refractivity contribution is 0.414. The average Bonchev–Trinajstić information content (AvgIpc) is 2.57. The maximum absolute atomic E-state index is 11.8. The summed E-state index contributed by atoms with van der Waals surface area (Å²) in [6.45, 7) is 1.87. The molecular weight excluding hydrogens is 240 g/mol. The molecule has 0 saturated heterocycles. The Labute approximate surface area is 102 Å². The van der Waals surface area contributed by atoms with Crippen LogP contribution in [0.5, 0.6) is 5.75 Å². The van der Waals surface area contributed by atoms with Crippen LogP contribution in [0.4, 0.5) is 0 Å². The second kappa shape index (κ2) is 4.21. The molecule has 1 heterocycles. The van der Waals surface area contributed by atoms with Crippen molar-refractivity contribution in [3.8, 4) is 11.4 Å². The van der Waals surface area contributed by atoms with E-state index in [1.807, 2.05) is 13.0 Å². The molecule has 1 aromatic heterocycles. The minimum absolute atomic E-state index is 0.273. The van der Waals surface area contributed by atoms with Crippen molar-refractivity contribution in [3.05, 3.63) is 43.9 Å². The SMILES string of the molecule is COc1ccc(-n2sc(=O)n(C)c2=O)c(C)c1. The summed E-state index contributed by atoms with van der Waals surface area (Å²) >= 11 is 0.892. The van der Waals surface area contributed by atoms with Gasteiger partial charge in [0.25, 0.3) is 0 Å². The summed E-state index contributed by atoms with van der Waals surface area (Å²) in [5, 5.41) is 0. The van der Waals surface area contributed by atoms with Crippen LogP contribution >= 0.6 is 11.5 Å². The molecule has 5 nitrogen and oxygen atoms in total. The molecule has 0 aliphatic rings. The highest BCUT2D eigenvalue weighted by Crippen LogP contribution is 2.19. The highest BCUT2D eigenvalue weighted by molar-refractivity contribution is 7.03. The van der Waals surface area contributed by atoms with Crippen molar-refractivity contribution in [1.82, 2.24) is 8.52 Å². The van der Waals surface area contributed by atoms with Crippen molar-refractivity contribution in [2.75, 3.05) is 7.11 Å². The molecule has 2 rings (SSSR count). The number of hydrogen-bond donors (Lipinski definition) is 0. The standard InChI is InChI=1S/C11H12N2O3S/c1-7-6-8(16-3)4-5-9(7)13-10(14)12(2)11(15)17-13/h4-6H,1-3H3. The molecule has 0 N–H and O–H groups in total. The van der Waals surface area contributed by atoms with Crippen molar-refractivity contribution in [2.24, 2.45) is 7.05 Å². The van der Waals surface area contributed by atoms with E-state index >= 15 is 0 Å². The van der Waals surface area contributed by atoms with E-state index in [1.54, 1.807) is 19.2 Å². The molecule has 0 unspecified atom stereocenters. The van der Waals surface area contributed by atoms with Crippen molar-refractivity contribution in [1.29, 1.82) is 0 Å². The summed E-state index contributed by atoms with van der Waals surface area (Å²) in [5.41, 5.74) is 1.26. The Hall–Kier alpha value is -1.82. The van der Waals surface area contributed by atoms with Gasteiger partial charge >= 0.3 is 10.6 Å². The van der Waals surface area contributed by atoms with Gasteiger partial charge in [-0.1, -0.05) is 0 Å². The summed E-state index contributed by atoms with van der Waals surface area (Å²) in [6.07, 6.45) is 0. The van der Waals surface area contributed by atoms with Gasteiger partial charge in [0.15, 0.2) is 0 Å². The molecule has 6 heteroatoms. The summed E-state index contributed by atoms with van der Waals surface area (Å²) < 4.78 is 7.57. The fraction of sp³-hybridized carbons (Fsp3) is 0.273. The lowest BCUT2D eigenvalue weighted by Gasteiger charge is -2.06. The number of rotatable bonds is 2. The topological polar surface area (TPSA) is 53.2 Å². The second-order valence-electron chi connectivity index (χ2n) is 3.65. The Kier molecular flexibility index (Phi) is 2.89. The molecule has 0 amide bonds. The van der Waals surface area contributed by atoms with Crippen LogP contribution in [0.3, 0.4) is 0 Å². The third-order valence-electron chi connectivity index (χ3n) is 2.53. The quantitative estimate of drug-likeness (QED) is 0.798. The van der Waals surface area contributed by atoms with Gasteiger partial charge in [-0.3, -0.25) is 9.36 Å². The molecule has 1 aromatic carbocycles. The predicted molar refractivity (Wildman–Crippen MR) is 66.4 cm³/mol. The minimum atomic E-state index is -0.326. The number of benzene rings is 1. The third kappa shape index (κ3) is 1.91. The van der Waals surface area contributed by atoms with E-state index in [9.17, 15) is 9.59 Å². The molecule has 0 atom stereocenters. The van der Waals surface area contributed by atoms with E-state index < -0.39 is 0 Å². The van der Waals surface area contributed by atoms with Gasteiger partial charge in [-0.25, -0.2) is 8.75 Å². The van der Waals surface area contributed by atoms with Gasteiger partial charge in [0.1, 0.15) is 5.75 Å². The van der Waals surface area contributed by atoms with Crippen molar-refractivity contribution < 1.29 is 4.74 Å². The summed E-state index contributed by atoms with van der Waals surface area (Å²) in [7, 11) is 3.05. The zero-order valence-electron chi connectivity index (χ0n) is 9.76. The third-order valence-corrected chi connectivity index (χ3v) is 3.49. The molecule has 17 heavy (non-hydrogen) atoms. The van der Waals surface area contributed by atoms with Gasteiger partial charge in [0.2, 0.25) is 0 Å². The first-order valence-corrected chi connectivity index (χ1v) is 5.76. The maximum Gasteiger partial charge on any atom is 0.345 e. The molecule has 0 aliphatic heterocycles. The molecule has 0 spiro atoms. The first-order valence-electron chi connectivity index (χ1n) is 4.99. The van der Waals surface area contributed by atoms with Gasteiger partial charge in [0.05, 0.1) is 12.8 Å². The van der Waals surface area contributed by atoms with Crippen molar-refractivity contribution >= 4 is 11.5 Å². The van der Waals surface area contributed by atoms with Crippen LogP contribution in [-0.4, -0.2) is 15.6 Å². The zero-order valence-corrected chi connectivity index (χ0v) is 10.6. The molecular formula is C11H12N2O3S. The molecule has 0 fully saturated rings. The van der Waals surface area contributed by atoms with E-state index in [0.717, 1.165) is 27.4 Å². The van der Waals surface area contributed by atoms with E-state index in [1.165, 1.54) is 11.0 Å². The fourth-order valence-corrected chi connectivity index (χ4v) is 2.39. The van der Waals surface area contributed by atoms with Crippen LogP contribution in [-0.2, 0) is 7.05 Å². The van der Waals surface area contributed by atoms with E-state index in [0.29, 0.717) is 5.69 Å². The zero-order chi connectivity index (χ0) is 12.6. The highest BCUT2D eigenvalue weighted by Gasteiger charge is 2.10. The van der Waals surface area contributed by atoms with E-state index in [4.69, 9.17) is 4.74 Å². The largest absolute Gasteiger partial charge is 0.497 e. The number of ether oxygens (including phenoxy) is 1. The van der Waals surface area contributed by atoms with Crippen molar-refractivity contribution in [3.63, 3.8) is 0 Å². The number of nitrogens with zero attached hydrogens (tertiary/aromatic N) is 2. The summed E-state index contributed by atoms with van der Waals surface area (Å²) in [5.74, 6) is 0.725. The average molecular weight is 252 g/mol. The van der Waals surface area contributed by atoms with Gasteiger partial charge in [-0.05, 0) is 30.7 Å². The molecule has 0 radical (unpaired) electrons. The van der Waals surface area contributed by atoms with Gasteiger partial charge in [-0.15, -0.1) is 0 Å². The first kappa shape index (κ1) is 11.7. The normalized spacial score (nSPS) is 10.5. The second-order valence-corrected chi connectivity index (χ2v) is 4.54. The molecule has 0 bridgehead atoms. The predicted octanol–water partition coefficient (Wildman–Crippen LogP) is 0.915. The van der Waals surface area contributed by atoms with E-state index in [2.05, 4.69) is 0 Å². The number of hydrogen-bond acceptors (Lipinski definition) is 4. The highest BCUT2D eigenvalue weighted by atomic mass is 32.1. The van der Waals surface area contributed by atoms with Gasteiger partial charge < -0.3 is 4.74 Å². The summed E-state index contributed by atoms with van der Waals surface area (Å²) in [4.78, 5) is 22.9. The smallest absolute Gasteiger partial charge is 0.345 e. The number of aryl methyl sites for hydroxylation is 1. The molecule has 2 aromatic rings. The van der Waals surface area contributed by atoms with E-state index in [-0.39, 0.29) is 10.6 Å². The Bertz CT molecular complexity index is 666. The molecule has 90 valence electrons. The Morgan fingerprint density at radius 1 is 1.29 bits per heavy atom. The Morgan fingerprint density at radius 2 is 2.00 bits per heavy atom. The lowest BCUT2D eigenvalue weighted by Crippen LogP contribution is -2.25. The first-order chi connectivity index (χ1) is 8.04. The van der Waals surface area contributed by atoms with Crippen LogP contribution in [0, 0.1) is 6.92 Å². The summed E-state index contributed by atoms with van der Waals surface area (Å²) in [6, 6.07) is 5.36. The maximum atomic E-state index is 11.8. The number of methoxy groups -OCH3 is 1. The van der Waals surface area contributed by atoms with Gasteiger partial charge in [0, 0.05) is 18.6 Å². The lowest BCUT2D eigenvalue weighted by atomic mass is 10.2. The Morgan fingerprint density at radius 3 is 2.47 bits per heavy atom. The van der Waals surface area contributed by atoms with Crippen LogP contribution in [0.25, 0.3) is 5.69 Å². The fourth-order valence-electron chi connectivity index (χ4n) is 1.53. The van der Waals surface area contributed by atoms with Crippen LogP contribution in [0.1, 0.15) is 5.56 Å². The van der Waals surface area contributed by atoms with Crippen LogP contribution in [0.2, 0.25) is 0 Å². The van der Waals surface area contributed by atoms with Crippen LogP contribution < -0.4 is 15.3 Å². The van der Waals surface area contributed by atoms with Gasteiger partial charge in [-0.2, -0.15) is 0 Å².